The first kappa shape index (κ1) is 18.8. The van der Waals surface area contributed by atoms with Crippen LogP contribution in [0.25, 0.3) is 0 Å². The first-order valence-electron chi connectivity index (χ1n) is 10.2. The molecule has 0 spiro atoms. The zero-order valence-electron chi connectivity index (χ0n) is 16.5. The molecule has 150 valence electrons. The highest BCUT2D eigenvalue weighted by Gasteiger charge is 2.22. The number of carbonyl (C=O) groups excluding carboxylic acids is 1. The predicted octanol–water partition coefficient (Wildman–Crippen LogP) is 2.98. The van der Waals surface area contributed by atoms with Crippen molar-refractivity contribution >= 4 is 17.4 Å². The molecular formula is C21H29N5O2. The minimum Gasteiger partial charge on any atom is -0.376 e. The topological polar surface area (TPSA) is 62.6 Å². The van der Waals surface area contributed by atoms with Crippen molar-refractivity contribution in [3.8, 4) is 0 Å². The van der Waals surface area contributed by atoms with Gasteiger partial charge in [-0.25, -0.2) is 4.79 Å². The molecule has 2 amide bonds. The number of amides is 2. The second-order valence-corrected chi connectivity index (χ2v) is 7.51. The molecule has 1 atom stereocenters. The number of rotatable bonds is 5. The fourth-order valence-electron chi connectivity index (χ4n) is 3.84. The van der Waals surface area contributed by atoms with Gasteiger partial charge in [0.2, 0.25) is 0 Å². The number of nitrogens with zero attached hydrogens (tertiary/aromatic N) is 4. The maximum atomic E-state index is 12.6. The van der Waals surface area contributed by atoms with Crippen LogP contribution in [0.4, 0.5) is 16.2 Å². The van der Waals surface area contributed by atoms with E-state index in [0.29, 0.717) is 13.1 Å². The number of aryl methyl sites for hydroxylation is 1. The number of benzene rings is 1. The van der Waals surface area contributed by atoms with Gasteiger partial charge in [-0.15, -0.1) is 0 Å². The van der Waals surface area contributed by atoms with Crippen molar-refractivity contribution in [2.75, 3.05) is 43.0 Å². The van der Waals surface area contributed by atoms with E-state index >= 15 is 0 Å². The van der Waals surface area contributed by atoms with Crippen molar-refractivity contribution in [3.63, 3.8) is 0 Å². The van der Waals surface area contributed by atoms with Gasteiger partial charge in [-0.1, -0.05) is 19.1 Å². The molecule has 2 fully saturated rings. The quantitative estimate of drug-likeness (QED) is 0.862. The van der Waals surface area contributed by atoms with E-state index in [1.165, 1.54) is 11.3 Å². The average Bonchev–Trinajstić information content (AvgIpc) is 3.41. The van der Waals surface area contributed by atoms with Crippen LogP contribution in [0.2, 0.25) is 0 Å². The molecule has 4 rings (SSSR count). The molecule has 3 heterocycles. The molecule has 2 aromatic rings. The number of piperazine rings is 1. The van der Waals surface area contributed by atoms with Crippen molar-refractivity contribution < 1.29 is 9.53 Å². The van der Waals surface area contributed by atoms with Crippen molar-refractivity contribution in [2.24, 2.45) is 0 Å². The zero-order valence-corrected chi connectivity index (χ0v) is 16.5. The Labute approximate surface area is 166 Å². The fourth-order valence-corrected chi connectivity index (χ4v) is 3.84. The highest BCUT2D eigenvalue weighted by Crippen LogP contribution is 2.19. The van der Waals surface area contributed by atoms with E-state index in [2.05, 4.69) is 46.5 Å². The first-order valence-corrected chi connectivity index (χ1v) is 10.2. The summed E-state index contributed by atoms with van der Waals surface area (Å²) in [5, 5.41) is 7.31. The summed E-state index contributed by atoms with van der Waals surface area (Å²) in [6.07, 6.45) is 7.07. The molecular weight excluding hydrogens is 354 g/mol. The number of ether oxygens (including phenoxy) is 1. The Morgan fingerprint density at radius 2 is 2.00 bits per heavy atom. The minimum atomic E-state index is -0.0577. The highest BCUT2D eigenvalue weighted by molar-refractivity contribution is 5.89. The van der Waals surface area contributed by atoms with Gasteiger partial charge in [-0.3, -0.25) is 4.68 Å². The zero-order chi connectivity index (χ0) is 19.3. The summed E-state index contributed by atoms with van der Waals surface area (Å²) in [6, 6.07) is 8.66. The van der Waals surface area contributed by atoms with Gasteiger partial charge < -0.3 is 19.9 Å². The number of aromatic nitrogens is 2. The smallest absolute Gasteiger partial charge is 0.322 e. The molecule has 1 unspecified atom stereocenters. The van der Waals surface area contributed by atoms with Crippen LogP contribution in [0, 0.1) is 0 Å². The van der Waals surface area contributed by atoms with Crippen LogP contribution in [0.3, 0.4) is 0 Å². The first-order chi connectivity index (χ1) is 13.7. The molecule has 0 bridgehead atoms. The lowest BCUT2D eigenvalue weighted by atomic mass is 10.1. The SMILES string of the molecule is CCc1ccc(N2CCN(C(=O)Nc3cnn(CC4CCCO4)c3)CC2)cc1. The maximum absolute atomic E-state index is 12.6. The van der Waals surface area contributed by atoms with E-state index in [9.17, 15) is 4.79 Å². The van der Waals surface area contributed by atoms with E-state index in [4.69, 9.17) is 4.74 Å². The lowest BCUT2D eigenvalue weighted by molar-refractivity contribution is 0.0940. The summed E-state index contributed by atoms with van der Waals surface area (Å²) in [5.41, 5.74) is 3.31. The molecule has 0 radical (unpaired) electrons. The van der Waals surface area contributed by atoms with Crippen molar-refractivity contribution in [1.82, 2.24) is 14.7 Å². The molecule has 7 nitrogen and oxygen atoms in total. The number of hydrogen-bond acceptors (Lipinski definition) is 4. The second-order valence-electron chi connectivity index (χ2n) is 7.51. The Balaban J connectivity index is 1.26. The van der Waals surface area contributed by atoms with E-state index < -0.39 is 0 Å². The number of carbonyl (C=O) groups is 1. The summed E-state index contributed by atoms with van der Waals surface area (Å²) < 4.78 is 7.49. The molecule has 1 N–H and O–H groups in total. The van der Waals surface area contributed by atoms with Gasteiger partial charge in [0.15, 0.2) is 0 Å². The van der Waals surface area contributed by atoms with Crippen molar-refractivity contribution in [1.29, 1.82) is 0 Å². The number of anilines is 2. The van der Waals surface area contributed by atoms with Crippen molar-refractivity contribution in [3.05, 3.63) is 42.2 Å². The third-order valence-electron chi connectivity index (χ3n) is 5.58. The molecule has 2 saturated heterocycles. The van der Waals surface area contributed by atoms with Crippen LogP contribution >= 0.6 is 0 Å². The Morgan fingerprint density at radius 1 is 1.21 bits per heavy atom. The van der Waals surface area contributed by atoms with E-state index in [0.717, 1.165) is 51.2 Å². The Morgan fingerprint density at radius 3 is 2.68 bits per heavy atom. The van der Waals surface area contributed by atoms with Crippen molar-refractivity contribution in [2.45, 2.75) is 38.8 Å². The predicted molar refractivity (Wildman–Crippen MR) is 110 cm³/mol. The van der Waals surface area contributed by atoms with Gasteiger partial charge in [0.05, 0.1) is 24.5 Å². The number of nitrogens with one attached hydrogen (secondary N) is 1. The third-order valence-corrected chi connectivity index (χ3v) is 5.58. The molecule has 0 saturated carbocycles. The maximum Gasteiger partial charge on any atom is 0.322 e. The summed E-state index contributed by atoms with van der Waals surface area (Å²) in [7, 11) is 0. The lowest BCUT2D eigenvalue weighted by Gasteiger charge is -2.36. The van der Waals surface area contributed by atoms with E-state index in [-0.39, 0.29) is 12.1 Å². The minimum absolute atomic E-state index is 0.0577. The summed E-state index contributed by atoms with van der Waals surface area (Å²) in [6.45, 7) is 6.86. The largest absolute Gasteiger partial charge is 0.376 e. The summed E-state index contributed by atoms with van der Waals surface area (Å²) >= 11 is 0. The lowest BCUT2D eigenvalue weighted by Crippen LogP contribution is -2.50. The molecule has 2 aliphatic heterocycles. The van der Waals surface area contributed by atoms with Gasteiger partial charge in [0, 0.05) is 44.7 Å². The van der Waals surface area contributed by atoms with E-state index in [1.807, 2.05) is 15.8 Å². The highest BCUT2D eigenvalue weighted by atomic mass is 16.5. The number of hydrogen-bond donors (Lipinski definition) is 1. The Kier molecular flexibility index (Phi) is 5.81. The van der Waals surface area contributed by atoms with E-state index in [1.54, 1.807) is 6.20 Å². The standard InChI is InChI=1S/C21H29N5O2/c1-2-17-5-7-19(8-6-17)24-9-11-25(12-10-24)21(27)23-18-14-22-26(15-18)16-20-4-3-13-28-20/h5-8,14-15,20H,2-4,9-13,16H2,1H3,(H,23,27). The molecule has 2 aliphatic rings. The van der Waals surface area contributed by atoms with Gasteiger partial charge in [-0.05, 0) is 37.0 Å². The van der Waals surface area contributed by atoms with Crippen LogP contribution < -0.4 is 10.2 Å². The van der Waals surface area contributed by atoms with Crippen LogP contribution in [0.1, 0.15) is 25.3 Å². The van der Waals surface area contributed by atoms with Gasteiger partial charge in [-0.2, -0.15) is 5.10 Å². The molecule has 1 aromatic heterocycles. The average molecular weight is 383 g/mol. The monoisotopic (exact) mass is 383 g/mol. The van der Waals surface area contributed by atoms with Crippen LogP contribution in [0.5, 0.6) is 0 Å². The molecule has 7 heteroatoms. The fraction of sp³-hybridized carbons (Fsp3) is 0.524. The van der Waals surface area contributed by atoms with Gasteiger partial charge >= 0.3 is 6.03 Å². The third kappa shape index (κ3) is 4.47. The summed E-state index contributed by atoms with van der Waals surface area (Å²) in [4.78, 5) is 16.8. The molecule has 1 aromatic carbocycles. The summed E-state index contributed by atoms with van der Waals surface area (Å²) in [5.74, 6) is 0. The Bertz CT molecular complexity index is 774. The van der Waals surface area contributed by atoms with Gasteiger partial charge in [0.25, 0.3) is 0 Å². The number of urea groups is 1. The van der Waals surface area contributed by atoms with Crippen LogP contribution in [-0.2, 0) is 17.7 Å². The second kappa shape index (κ2) is 8.65. The van der Waals surface area contributed by atoms with Gasteiger partial charge in [0.1, 0.15) is 0 Å². The van der Waals surface area contributed by atoms with Crippen LogP contribution in [0.15, 0.2) is 36.7 Å². The Hall–Kier alpha value is -2.54. The molecule has 28 heavy (non-hydrogen) atoms. The molecule has 0 aliphatic carbocycles. The van der Waals surface area contributed by atoms with Crippen LogP contribution in [-0.4, -0.2) is 59.6 Å². The normalized spacial score (nSPS) is 19.8.